The van der Waals surface area contributed by atoms with Crippen molar-refractivity contribution in [1.82, 2.24) is 4.90 Å². The number of hydrogen-bond acceptors (Lipinski definition) is 3. The maximum atomic E-state index is 5.78. The van der Waals surface area contributed by atoms with Crippen LogP contribution in [0.2, 0.25) is 0 Å². The molecule has 2 unspecified atom stereocenters. The summed E-state index contributed by atoms with van der Waals surface area (Å²) >= 11 is 0. The molecule has 114 valence electrons. The van der Waals surface area contributed by atoms with Gasteiger partial charge in [0.25, 0.3) is 0 Å². The zero-order valence-electron chi connectivity index (χ0n) is 13.0. The second-order valence-corrected chi connectivity index (χ2v) is 8.42. The van der Waals surface area contributed by atoms with Crippen LogP contribution in [0, 0.1) is 5.92 Å². The van der Waals surface area contributed by atoms with Crippen LogP contribution in [0.5, 0.6) is 0 Å². The normalized spacial score (nSPS) is 24.0. The van der Waals surface area contributed by atoms with Gasteiger partial charge >= 0.3 is 0 Å². The van der Waals surface area contributed by atoms with Gasteiger partial charge in [0.05, 0.1) is 12.5 Å². The van der Waals surface area contributed by atoms with Crippen LogP contribution in [0.1, 0.15) is 26.2 Å². The second kappa shape index (κ2) is 6.37. The van der Waals surface area contributed by atoms with Gasteiger partial charge in [-0.05, 0) is 69.7 Å². The minimum absolute atomic E-state index is 0.534. The Morgan fingerprint density at radius 3 is 2.19 bits per heavy atom. The van der Waals surface area contributed by atoms with Gasteiger partial charge in [-0.2, -0.15) is 0 Å². The van der Waals surface area contributed by atoms with Gasteiger partial charge in [0.2, 0.25) is 0 Å². The van der Waals surface area contributed by atoms with Crippen LogP contribution in [0.3, 0.4) is 0 Å². The topological polar surface area (TPSA) is 29.5 Å². The van der Waals surface area contributed by atoms with Gasteiger partial charge < -0.3 is 13.7 Å². The van der Waals surface area contributed by atoms with Crippen LogP contribution in [0.15, 0.2) is 45.6 Å². The maximum absolute atomic E-state index is 5.78. The van der Waals surface area contributed by atoms with Crippen molar-refractivity contribution in [2.75, 3.05) is 14.1 Å². The van der Waals surface area contributed by atoms with Crippen LogP contribution < -0.4 is 11.0 Å². The van der Waals surface area contributed by atoms with Gasteiger partial charge in [0.1, 0.15) is 11.0 Å². The number of hydrogen-bond donors (Lipinski definition) is 0. The molecule has 1 aliphatic carbocycles. The van der Waals surface area contributed by atoms with E-state index in [9.17, 15) is 0 Å². The van der Waals surface area contributed by atoms with E-state index in [4.69, 9.17) is 8.83 Å². The Bertz CT molecular complexity index is 501. The third kappa shape index (κ3) is 2.95. The summed E-state index contributed by atoms with van der Waals surface area (Å²) in [4.78, 5) is 2.35. The van der Waals surface area contributed by atoms with Crippen LogP contribution in [-0.4, -0.2) is 30.7 Å². The molecule has 1 saturated carbocycles. The van der Waals surface area contributed by atoms with E-state index in [1.165, 1.54) is 19.3 Å². The molecule has 2 heterocycles. The van der Waals surface area contributed by atoms with Crippen molar-refractivity contribution in [2.45, 2.75) is 37.9 Å². The lowest BCUT2D eigenvalue weighted by molar-refractivity contribution is 0.232. The highest BCUT2D eigenvalue weighted by molar-refractivity contribution is 7.72. The zero-order chi connectivity index (χ0) is 14.8. The Balaban J connectivity index is 1.93. The van der Waals surface area contributed by atoms with Gasteiger partial charge in [-0.3, -0.25) is 0 Å². The SMILES string of the molecule is C[C@@H](C1CCCC1P(c1ccco1)c1ccco1)N(C)C. The van der Waals surface area contributed by atoms with Crippen LogP contribution in [0.4, 0.5) is 0 Å². The third-order valence-corrected chi connectivity index (χ3v) is 7.55. The molecule has 2 aromatic rings. The van der Waals surface area contributed by atoms with E-state index in [-0.39, 0.29) is 0 Å². The summed E-state index contributed by atoms with van der Waals surface area (Å²) in [5.41, 5.74) is 2.85. The second-order valence-electron chi connectivity index (χ2n) is 6.14. The van der Waals surface area contributed by atoms with Crippen molar-refractivity contribution >= 4 is 18.9 Å². The van der Waals surface area contributed by atoms with Gasteiger partial charge in [0.15, 0.2) is 0 Å². The first-order valence-electron chi connectivity index (χ1n) is 7.71. The molecule has 3 atom stereocenters. The molecule has 0 N–H and O–H groups in total. The van der Waals surface area contributed by atoms with E-state index in [0.29, 0.717) is 17.6 Å². The maximum Gasteiger partial charge on any atom is 0.133 e. The Morgan fingerprint density at radius 1 is 1.10 bits per heavy atom. The van der Waals surface area contributed by atoms with Crippen LogP contribution >= 0.6 is 7.92 Å². The molecule has 0 aromatic carbocycles. The lowest BCUT2D eigenvalue weighted by Gasteiger charge is -2.33. The lowest BCUT2D eigenvalue weighted by Crippen LogP contribution is -2.37. The first-order valence-corrected chi connectivity index (χ1v) is 9.12. The summed E-state index contributed by atoms with van der Waals surface area (Å²) in [7, 11) is 3.83. The lowest BCUT2D eigenvalue weighted by atomic mass is 9.98. The van der Waals surface area contributed by atoms with Crippen molar-refractivity contribution in [3.05, 3.63) is 36.8 Å². The van der Waals surface area contributed by atoms with Crippen molar-refractivity contribution < 1.29 is 8.83 Å². The highest BCUT2D eigenvalue weighted by atomic mass is 31.1. The molecule has 3 nitrogen and oxygen atoms in total. The summed E-state index contributed by atoms with van der Waals surface area (Å²) < 4.78 is 11.6. The molecule has 21 heavy (non-hydrogen) atoms. The summed E-state index contributed by atoms with van der Waals surface area (Å²) in [6.07, 6.45) is 7.47. The first-order chi connectivity index (χ1) is 10.2. The largest absolute Gasteiger partial charge is 0.464 e. The van der Waals surface area contributed by atoms with E-state index < -0.39 is 7.92 Å². The third-order valence-electron chi connectivity index (χ3n) is 4.78. The average Bonchev–Trinajstić information content (AvgIpc) is 3.22. The predicted molar refractivity (Wildman–Crippen MR) is 87.9 cm³/mol. The fourth-order valence-corrected chi connectivity index (χ4v) is 6.42. The molecule has 1 fully saturated rings. The molecule has 0 radical (unpaired) electrons. The molecule has 0 saturated heterocycles. The van der Waals surface area contributed by atoms with E-state index >= 15 is 0 Å². The van der Waals surface area contributed by atoms with E-state index in [1.807, 2.05) is 12.1 Å². The van der Waals surface area contributed by atoms with Gasteiger partial charge in [0, 0.05) is 14.0 Å². The standard InChI is InChI=1S/C17H24NO2P/c1-13(18(2)3)14-7-4-8-15(14)21(16-9-5-11-19-16)17-10-6-12-20-17/h5-6,9-15H,4,7-8H2,1-3H3/t13-,14?,15?/m0/s1. The predicted octanol–water partition coefficient (Wildman–Crippen LogP) is 3.42. The Labute approximate surface area is 128 Å². The molecule has 4 heteroatoms. The van der Waals surface area contributed by atoms with Gasteiger partial charge in [-0.1, -0.05) is 6.42 Å². The van der Waals surface area contributed by atoms with Gasteiger partial charge in [-0.25, -0.2) is 0 Å². The molecular weight excluding hydrogens is 281 g/mol. The fraction of sp³-hybridized carbons (Fsp3) is 0.529. The van der Waals surface area contributed by atoms with Crippen molar-refractivity contribution in [3.63, 3.8) is 0 Å². The highest BCUT2D eigenvalue weighted by Gasteiger charge is 2.40. The summed E-state index contributed by atoms with van der Waals surface area (Å²) in [5, 5.41) is 0. The molecule has 0 spiro atoms. The molecule has 0 bridgehead atoms. The minimum atomic E-state index is -0.534. The highest BCUT2D eigenvalue weighted by Crippen LogP contribution is 2.51. The first kappa shape index (κ1) is 14.9. The van der Waals surface area contributed by atoms with Crippen LogP contribution in [0.25, 0.3) is 0 Å². The van der Waals surface area contributed by atoms with Gasteiger partial charge in [-0.15, -0.1) is 0 Å². The number of furan rings is 2. The van der Waals surface area contributed by atoms with E-state index in [0.717, 1.165) is 11.0 Å². The summed E-state index contributed by atoms with van der Waals surface area (Å²) in [5.74, 6) is 0.710. The number of rotatable bonds is 5. The Morgan fingerprint density at radius 2 is 1.71 bits per heavy atom. The summed E-state index contributed by atoms with van der Waals surface area (Å²) in [6.45, 7) is 2.35. The van der Waals surface area contributed by atoms with Crippen molar-refractivity contribution in [3.8, 4) is 0 Å². The van der Waals surface area contributed by atoms with E-state index in [2.05, 4.69) is 38.1 Å². The average molecular weight is 305 g/mol. The van der Waals surface area contributed by atoms with Crippen molar-refractivity contribution in [2.24, 2.45) is 5.92 Å². The molecular formula is C17H24NO2P. The van der Waals surface area contributed by atoms with Crippen LogP contribution in [-0.2, 0) is 0 Å². The molecule has 0 amide bonds. The fourth-order valence-electron chi connectivity index (χ4n) is 3.48. The minimum Gasteiger partial charge on any atom is -0.464 e. The summed E-state index contributed by atoms with van der Waals surface area (Å²) in [6, 6.07) is 8.81. The smallest absolute Gasteiger partial charge is 0.133 e. The molecule has 2 aromatic heterocycles. The molecule has 3 rings (SSSR count). The Hall–Kier alpha value is -1.05. The van der Waals surface area contributed by atoms with Crippen molar-refractivity contribution in [1.29, 1.82) is 0 Å². The molecule has 1 aliphatic rings. The quantitative estimate of drug-likeness (QED) is 0.793. The molecule has 0 aliphatic heterocycles. The monoisotopic (exact) mass is 305 g/mol. The number of nitrogens with zero attached hydrogens (tertiary/aromatic N) is 1. The Kier molecular flexibility index (Phi) is 4.51. The van der Waals surface area contributed by atoms with E-state index in [1.54, 1.807) is 12.5 Å². The zero-order valence-corrected chi connectivity index (χ0v) is 13.9.